The summed E-state index contributed by atoms with van der Waals surface area (Å²) in [6.45, 7) is 3.03. The zero-order chi connectivity index (χ0) is 13.1. The number of hydrogen-bond acceptors (Lipinski definition) is 3. The largest absolute Gasteiger partial charge is 0.480 e. The van der Waals surface area contributed by atoms with Crippen molar-refractivity contribution in [1.29, 1.82) is 0 Å². The van der Waals surface area contributed by atoms with Crippen LogP contribution in [0.1, 0.15) is 18.6 Å². The highest BCUT2D eigenvalue weighted by Crippen LogP contribution is 2.25. The minimum atomic E-state index is -0.845. The van der Waals surface area contributed by atoms with Gasteiger partial charge < -0.3 is 9.84 Å². The molecule has 1 aromatic rings. The van der Waals surface area contributed by atoms with Crippen LogP contribution in [0.3, 0.4) is 0 Å². The molecule has 0 aromatic heterocycles. The van der Waals surface area contributed by atoms with Gasteiger partial charge in [-0.1, -0.05) is 12.1 Å². The van der Waals surface area contributed by atoms with E-state index in [1.165, 1.54) is 12.1 Å². The first-order valence-corrected chi connectivity index (χ1v) is 5.89. The summed E-state index contributed by atoms with van der Waals surface area (Å²) in [4.78, 5) is 12.6. The van der Waals surface area contributed by atoms with E-state index in [-0.39, 0.29) is 24.6 Å². The van der Waals surface area contributed by atoms with Gasteiger partial charge in [0, 0.05) is 13.1 Å². The molecule has 0 aliphatic carbocycles. The summed E-state index contributed by atoms with van der Waals surface area (Å²) < 4.78 is 18.6. The van der Waals surface area contributed by atoms with Gasteiger partial charge in [0.1, 0.15) is 5.82 Å². The maximum absolute atomic E-state index is 12.9. The zero-order valence-electron chi connectivity index (χ0n) is 10.2. The van der Waals surface area contributed by atoms with Crippen LogP contribution in [0, 0.1) is 5.82 Å². The number of aliphatic carboxylic acids is 1. The van der Waals surface area contributed by atoms with Crippen LogP contribution in [0.25, 0.3) is 0 Å². The van der Waals surface area contributed by atoms with Gasteiger partial charge >= 0.3 is 5.97 Å². The van der Waals surface area contributed by atoms with Crippen LogP contribution in [0.4, 0.5) is 4.39 Å². The smallest absolute Gasteiger partial charge is 0.317 e. The number of rotatable bonds is 3. The van der Waals surface area contributed by atoms with Gasteiger partial charge in [-0.3, -0.25) is 9.69 Å². The van der Waals surface area contributed by atoms with Gasteiger partial charge in [0.05, 0.1) is 18.8 Å². The molecule has 4 nitrogen and oxygen atoms in total. The number of halogens is 1. The third-order valence-corrected chi connectivity index (χ3v) is 2.94. The van der Waals surface area contributed by atoms with Crippen LogP contribution >= 0.6 is 0 Å². The minimum absolute atomic E-state index is 0.00535. The van der Waals surface area contributed by atoms with Crippen molar-refractivity contribution in [1.82, 2.24) is 4.90 Å². The van der Waals surface area contributed by atoms with Gasteiger partial charge in [0.15, 0.2) is 0 Å². The Balaban J connectivity index is 2.08. The van der Waals surface area contributed by atoms with Gasteiger partial charge in [-0.25, -0.2) is 4.39 Å². The Morgan fingerprint density at radius 2 is 2.11 bits per heavy atom. The van der Waals surface area contributed by atoms with Gasteiger partial charge in [-0.15, -0.1) is 0 Å². The van der Waals surface area contributed by atoms with E-state index in [4.69, 9.17) is 9.84 Å². The quantitative estimate of drug-likeness (QED) is 0.890. The molecule has 2 unspecified atom stereocenters. The lowest BCUT2D eigenvalue weighted by atomic mass is 10.1. The normalized spacial score (nSPS) is 25.0. The van der Waals surface area contributed by atoms with Crippen molar-refractivity contribution < 1.29 is 19.0 Å². The van der Waals surface area contributed by atoms with Crippen molar-refractivity contribution in [2.45, 2.75) is 19.1 Å². The Hall–Kier alpha value is -1.46. The third-order valence-electron chi connectivity index (χ3n) is 2.94. The van der Waals surface area contributed by atoms with Crippen molar-refractivity contribution in [2.24, 2.45) is 0 Å². The van der Waals surface area contributed by atoms with Crippen molar-refractivity contribution in [3.63, 3.8) is 0 Å². The number of carboxylic acids is 1. The number of morpholine rings is 1. The second-order valence-electron chi connectivity index (χ2n) is 4.57. The summed E-state index contributed by atoms with van der Waals surface area (Å²) in [6, 6.07) is 6.13. The van der Waals surface area contributed by atoms with Crippen LogP contribution in [0.5, 0.6) is 0 Å². The number of nitrogens with zero attached hydrogens (tertiary/aromatic N) is 1. The molecule has 1 fully saturated rings. The van der Waals surface area contributed by atoms with E-state index in [0.717, 1.165) is 5.56 Å². The molecule has 2 rings (SSSR count). The first-order valence-electron chi connectivity index (χ1n) is 5.89. The second-order valence-corrected chi connectivity index (χ2v) is 4.57. The monoisotopic (exact) mass is 253 g/mol. The molecule has 0 spiro atoms. The van der Waals surface area contributed by atoms with Crippen LogP contribution in [-0.4, -0.2) is 41.7 Å². The topological polar surface area (TPSA) is 49.8 Å². The highest BCUT2D eigenvalue weighted by Gasteiger charge is 2.27. The lowest BCUT2D eigenvalue weighted by Gasteiger charge is -2.36. The average Bonchev–Trinajstić information content (AvgIpc) is 2.28. The molecule has 2 atom stereocenters. The predicted molar refractivity (Wildman–Crippen MR) is 63.8 cm³/mol. The Bertz CT molecular complexity index is 421. The molecule has 0 saturated carbocycles. The van der Waals surface area contributed by atoms with E-state index >= 15 is 0 Å². The fourth-order valence-electron chi connectivity index (χ4n) is 2.22. The van der Waals surface area contributed by atoms with E-state index in [2.05, 4.69) is 0 Å². The highest BCUT2D eigenvalue weighted by atomic mass is 19.1. The standard InChI is InChI=1S/C13H16FNO3/c1-9-6-15(8-13(16)17)7-12(18-9)10-2-4-11(14)5-3-10/h2-5,9,12H,6-8H2,1H3,(H,16,17). The Kier molecular flexibility index (Phi) is 3.93. The zero-order valence-corrected chi connectivity index (χ0v) is 10.2. The molecule has 0 amide bonds. The Labute approximate surface area is 105 Å². The lowest BCUT2D eigenvalue weighted by Crippen LogP contribution is -2.44. The van der Waals surface area contributed by atoms with E-state index in [1.807, 2.05) is 11.8 Å². The molecule has 1 saturated heterocycles. The first-order chi connectivity index (χ1) is 8.54. The summed E-state index contributed by atoms with van der Waals surface area (Å²) in [5, 5.41) is 8.81. The van der Waals surface area contributed by atoms with Crippen LogP contribution in [-0.2, 0) is 9.53 Å². The van der Waals surface area contributed by atoms with E-state index in [9.17, 15) is 9.18 Å². The SMILES string of the molecule is CC1CN(CC(=O)O)CC(c2ccc(F)cc2)O1. The molecule has 1 heterocycles. The van der Waals surface area contributed by atoms with Crippen molar-refractivity contribution in [2.75, 3.05) is 19.6 Å². The van der Waals surface area contributed by atoms with Crippen LogP contribution in [0.2, 0.25) is 0 Å². The van der Waals surface area contributed by atoms with Crippen molar-refractivity contribution in [3.8, 4) is 0 Å². The molecule has 1 aromatic carbocycles. The van der Waals surface area contributed by atoms with Gasteiger partial charge in [-0.2, -0.15) is 0 Å². The average molecular weight is 253 g/mol. The minimum Gasteiger partial charge on any atom is -0.480 e. The maximum atomic E-state index is 12.9. The molecule has 98 valence electrons. The molecule has 1 aliphatic heterocycles. The van der Waals surface area contributed by atoms with Crippen molar-refractivity contribution >= 4 is 5.97 Å². The molecule has 18 heavy (non-hydrogen) atoms. The molecule has 0 radical (unpaired) electrons. The summed E-state index contributed by atoms with van der Waals surface area (Å²) in [6.07, 6.45) is -0.234. The third kappa shape index (κ3) is 3.27. The van der Waals surface area contributed by atoms with Gasteiger partial charge in [0.2, 0.25) is 0 Å². The fourth-order valence-corrected chi connectivity index (χ4v) is 2.22. The van der Waals surface area contributed by atoms with Crippen LogP contribution in [0.15, 0.2) is 24.3 Å². The predicted octanol–water partition coefficient (Wildman–Crippen LogP) is 1.67. The number of hydrogen-bond donors (Lipinski definition) is 1. The molecule has 5 heteroatoms. The molecular formula is C13H16FNO3. The van der Waals surface area contributed by atoms with E-state index in [0.29, 0.717) is 13.1 Å². The van der Waals surface area contributed by atoms with E-state index < -0.39 is 5.97 Å². The second kappa shape index (κ2) is 5.46. The Morgan fingerprint density at radius 3 is 2.72 bits per heavy atom. The number of benzene rings is 1. The van der Waals surface area contributed by atoms with E-state index in [1.54, 1.807) is 12.1 Å². The number of carboxylic acid groups (broad SMARTS) is 1. The van der Waals surface area contributed by atoms with Gasteiger partial charge in [0.25, 0.3) is 0 Å². The summed E-state index contributed by atoms with van der Waals surface area (Å²) in [5.74, 6) is -1.13. The fraction of sp³-hybridized carbons (Fsp3) is 0.462. The van der Waals surface area contributed by atoms with Crippen molar-refractivity contribution in [3.05, 3.63) is 35.6 Å². The Morgan fingerprint density at radius 1 is 1.44 bits per heavy atom. The number of carbonyl (C=O) groups is 1. The summed E-state index contributed by atoms with van der Waals surface area (Å²) >= 11 is 0. The summed E-state index contributed by atoms with van der Waals surface area (Å²) in [5.41, 5.74) is 0.873. The highest BCUT2D eigenvalue weighted by molar-refractivity contribution is 5.69. The van der Waals surface area contributed by atoms with Gasteiger partial charge in [-0.05, 0) is 24.6 Å². The molecule has 0 bridgehead atoms. The first kappa shape index (κ1) is 13.0. The lowest BCUT2D eigenvalue weighted by molar-refractivity contribution is -0.142. The molecule has 1 N–H and O–H groups in total. The number of ether oxygens (including phenoxy) is 1. The van der Waals surface area contributed by atoms with Crippen LogP contribution < -0.4 is 0 Å². The molecular weight excluding hydrogens is 237 g/mol. The summed E-state index contributed by atoms with van der Waals surface area (Å²) in [7, 11) is 0. The molecule has 1 aliphatic rings. The maximum Gasteiger partial charge on any atom is 0.317 e.